The molecule has 1 aliphatic rings. The van der Waals surface area contributed by atoms with Gasteiger partial charge in [-0.15, -0.1) is 0 Å². The second-order valence-corrected chi connectivity index (χ2v) is 7.72. The number of anilines is 2. The predicted molar refractivity (Wildman–Crippen MR) is 109 cm³/mol. The number of hydrogen-bond acceptors (Lipinski definition) is 7. The number of amides is 1. The molecule has 28 heavy (non-hydrogen) atoms. The lowest BCUT2D eigenvalue weighted by atomic mass is 10.1. The molecule has 0 bridgehead atoms. The molecule has 1 amide bonds. The lowest BCUT2D eigenvalue weighted by molar-refractivity contribution is -0.116. The Labute approximate surface area is 165 Å². The number of hydrogen-bond donors (Lipinski definition) is 1. The molecule has 3 aromatic rings. The minimum absolute atomic E-state index is 0.0969. The van der Waals surface area contributed by atoms with Gasteiger partial charge in [0.2, 0.25) is 5.91 Å². The summed E-state index contributed by atoms with van der Waals surface area (Å²) in [6, 6.07) is 5.82. The van der Waals surface area contributed by atoms with E-state index < -0.39 is 0 Å². The van der Waals surface area contributed by atoms with Gasteiger partial charge in [0.1, 0.15) is 17.6 Å². The van der Waals surface area contributed by atoms with Gasteiger partial charge in [-0.2, -0.15) is 4.98 Å². The highest BCUT2D eigenvalue weighted by atomic mass is 32.1. The van der Waals surface area contributed by atoms with Crippen molar-refractivity contribution < 1.29 is 9.53 Å². The third-order valence-electron chi connectivity index (χ3n) is 4.71. The molecule has 1 N–H and O–H groups in total. The molecule has 4 rings (SSSR count). The number of thiazole rings is 1. The van der Waals surface area contributed by atoms with Gasteiger partial charge < -0.3 is 15.0 Å². The largest absolute Gasteiger partial charge is 0.378 e. The number of aromatic nitrogens is 3. The van der Waals surface area contributed by atoms with Crippen LogP contribution in [0.25, 0.3) is 10.3 Å². The number of nitrogens with zero attached hydrogens (tertiary/aromatic N) is 4. The molecular weight excluding hydrogens is 378 g/mol. The highest BCUT2D eigenvalue weighted by molar-refractivity contribution is 7.22. The molecule has 0 spiro atoms. The van der Waals surface area contributed by atoms with Crippen LogP contribution in [-0.4, -0.2) is 46.7 Å². The van der Waals surface area contributed by atoms with Crippen LogP contribution < -0.4 is 15.8 Å². The standard InChI is InChI=1S/C19H21N5O3S/c1-12-4-3-5-13(2)15(12)21-14(25)10-24-11-20-17-16(18(24)26)28-19(22-17)23-6-8-27-9-7-23/h3-5,11H,6-10H2,1-2H3,(H,21,25). The first-order chi connectivity index (χ1) is 13.5. The molecule has 0 radical (unpaired) electrons. The zero-order valence-electron chi connectivity index (χ0n) is 15.8. The lowest BCUT2D eigenvalue weighted by Crippen LogP contribution is -2.36. The van der Waals surface area contributed by atoms with E-state index in [2.05, 4.69) is 20.2 Å². The summed E-state index contributed by atoms with van der Waals surface area (Å²) in [5.74, 6) is -0.265. The van der Waals surface area contributed by atoms with Gasteiger partial charge in [-0.05, 0) is 25.0 Å². The van der Waals surface area contributed by atoms with E-state index in [4.69, 9.17) is 4.74 Å². The van der Waals surface area contributed by atoms with E-state index in [-0.39, 0.29) is 18.0 Å². The Balaban J connectivity index is 1.56. The molecule has 2 aromatic heterocycles. The SMILES string of the molecule is Cc1cccc(C)c1NC(=O)Cn1cnc2nc(N3CCOCC3)sc2c1=O. The number of fused-ring (bicyclic) bond motifs is 1. The van der Waals surface area contributed by atoms with Crippen LogP contribution >= 0.6 is 11.3 Å². The third-order valence-corrected chi connectivity index (χ3v) is 5.81. The summed E-state index contributed by atoms with van der Waals surface area (Å²) >= 11 is 1.31. The maximum Gasteiger partial charge on any atom is 0.273 e. The molecule has 1 aromatic carbocycles. The van der Waals surface area contributed by atoms with Crippen molar-refractivity contribution in [3.8, 4) is 0 Å². The average molecular weight is 399 g/mol. The van der Waals surface area contributed by atoms with Crippen molar-refractivity contribution in [3.63, 3.8) is 0 Å². The minimum atomic E-state index is -0.265. The number of rotatable bonds is 4. The van der Waals surface area contributed by atoms with Crippen LogP contribution in [0.15, 0.2) is 29.3 Å². The van der Waals surface area contributed by atoms with Crippen LogP contribution in [0, 0.1) is 13.8 Å². The molecule has 0 atom stereocenters. The van der Waals surface area contributed by atoms with E-state index in [1.54, 1.807) is 0 Å². The van der Waals surface area contributed by atoms with Crippen LogP contribution in [0.1, 0.15) is 11.1 Å². The topological polar surface area (TPSA) is 89.3 Å². The van der Waals surface area contributed by atoms with Crippen molar-refractivity contribution >= 4 is 38.4 Å². The van der Waals surface area contributed by atoms with Gasteiger partial charge in [0.15, 0.2) is 10.8 Å². The van der Waals surface area contributed by atoms with Gasteiger partial charge in [0.25, 0.3) is 5.56 Å². The maximum absolute atomic E-state index is 12.8. The van der Waals surface area contributed by atoms with E-state index in [1.807, 2.05) is 32.0 Å². The molecule has 0 saturated carbocycles. The zero-order valence-corrected chi connectivity index (χ0v) is 16.6. The molecule has 0 aliphatic carbocycles. The summed E-state index contributed by atoms with van der Waals surface area (Å²) in [7, 11) is 0. The predicted octanol–water partition coefficient (Wildman–Crippen LogP) is 1.95. The Kier molecular flexibility index (Phi) is 5.10. The summed E-state index contributed by atoms with van der Waals surface area (Å²) in [5, 5.41) is 3.66. The second kappa shape index (κ2) is 7.69. The molecule has 0 unspecified atom stereocenters. The number of nitrogens with one attached hydrogen (secondary N) is 1. The third kappa shape index (κ3) is 3.63. The Bertz CT molecular complexity index is 1060. The monoisotopic (exact) mass is 399 g/mol. The molecular formula is C19H21N5O3S. The quantitative estimate of drug-likeness (QED) is 0.721. The number of ether oxygens (including phenoxy) is 1. The Morgan fingerprint density at radius 1 is 1.25 bits per heavy atom. The number of carbonyl (C=O) groups is 1. The van der Waals surface area contributed by atoms with Crippen LogP contribution in [0.2, 0.25) is 0 Å². The van der Waals surface area contributed by atoms with Crippen molar-refractivity contribution in [2.45, 2.75) is 20.4 Å². The van der Waals surface area contributed by atoms with Gasteiger partial charge in [0.05, 0.1) is 13.2 Å². The molecule has 1 aliphatic heterocycles. The molecule has 146 valence electrons. The van der Waals surface area contributed by atoms with Crippen molar-refractivity contribution in [2.24, 2.45) is 0 Å². The first kappa shape index (κ1) is 18.6. The van der Waals surface area contributed by atoms with E-state index >= 15 is 0 Å². The first-order valence-corrected chi connectivity index (χ1v) is 9.89. The van der Waals surface area contributed by atoms with Crippen LogP contribution in [-0.2, 0) is 16.1 Å². The van der Waals surface area contributed by atoms with Crippen LogP contribution in [0.3, 0.4) is 0 Å². The Morgan fingerprint density at radius 3 is 2.68 bits per heavy atom. The summed E-state index contributed by atoms with van der Waals surface area (Å²) in [4.78, 5) is 36.2. The smallest absolute Gasteiger partial charge is 0.273 e. The first-order valence-electron chi connectivity index (χ1n) is 9.07. The summed E-state index contributed by atoms with van der Waals surface area (Å²) in [6.45, 7) is 6.55. The fraction of sp³-hybridized carbons (Fsp3) is 0.368. The highest BCUT2D eigenvalue weighted by Gasteiger charge is 2.18. The molecule has 9 heteroatoms. The van der Waals surface area contributed by atoms with Crippen molar-refractivity contribution in [3.05, 3.63) is 46.0 Å². The maximum atomic E-state index is 12.8. The van der Waals surface area contributed by atoms with Crippen LogP contribution in [0.5, 0.6) is 0 Å². The van der Waals surface area contributed by atoms with E-state index in [0.29, 0.717) is 23.6 Å². The highest BCUT2D eigenvalue weighted by Crippen LogP contribution is 2.25. The molecule has 1 saturated heterocycles. The lowest BCUT2D eigenvalue weighted by Gasteiger charge is -2.25. The van der Waals surface area contributed by atoms with E-state index in [0.717, 1.165) is 35.0 Å². The van der Waals surface area contributed by atoms with Gasteiger partial charge in [-0.3, -0.25) is 14.2 Å². The number of carbonyl (C=O) groups excluding carboxylic acids is 1. The molecule has 8 nitrogen and oxygen atoms in total. The summed E-state index contributed by atoms with van der Waals surface area (Å²) in [5.41, 5.74) is 2.90. The van der Waals surface area contributed by atoms with Crippen molar-refractivity contribution in [1.82, 2.24) is 14.5 Å². The number of benzene rings is 1. The Hall–Kier alpha value is -2.78. The average Bonchev–Trinajstić information content (AvgIpc) is 3.13. The fourth-order valence-electron chi connectivity index (χ4n) is 3.18. The van der Waals surface area contributed by atoms with Gasteiger partial charge in [-0.25, -0.2) is 4.98 Å². The van der Waals surface area contributed by atoms with Crippen molar-refractivity contribution in [2.75, 3.05) is 36.5 Å². The molecule has 3 heterocycles. The summed E-state index contributed by atoms with van der Waals surface area (Å²) in [6.07, 6.45) is 1.39. The van der Waals surface area contributed by atoms with Gasteiger partial charge in [-0.1, -0.05) is 29.5 Å². The molecule has 1 fully saturated rings. The van der Waals surface area contributed by atoms with E-state index in [1.165, 1.54) is 22.2 Å². The number of morpholine rings is 1. The number of aryl methyl sites for hydroxylation is 2. The Morgan fingerprint density at radius 2 is 1.96 bits per heavy atom. The normalized spacial score (nSPS) is 14.4. The van der Waals surface area contributed by atoms with Gasteiger partial charge >= 0.3 is 0 Å². The van der Waals surface area contributed by atoms with E-state index in [9.17, 15) is 9.59 Å². The number of para-hydroxylation sites is 1. The minimum Gasteiger partial charge on any atom is -0.378 e. The second-order valence-electron chi connectivity index (χ2n) is 6.74. The fourth-order valence-corrected chi connectivity index (χ4v) is 4.20. The zero-order chi connectivity index (χ0) is 19.7. The van der Waals surface area contributed by atoms with Gasteiger partial charge in [0, 0.05) is 18.8 Å². The van der Waals surface area contributed by atoms with Crippen molar-refractivity contribution in [1.29, 1.82) is 0 Å². The van der Waals surface area contributed by atoms with Crippen LogP contribution in [0.4, 0.5) is 10.8 Å². The summed E-state index contributed by atoms with van der Waals surface area (Å²) < 4.78 is 7.14.